The third kappa shape index (κ3) is 2.26. The first-order chi connectivity index (χ1) is 8.21. The van der Waals surface area contributed by atoms with Crippen LogP contribution in [-0.2, 0) is 15.5 Å². The summed E-state index contributed by atoms with van der Waals surface area (Å²) in [4.78, 5) is -0.0360. The van der Waals surface area contributed by atoms with E-state index in [1.54, 1.807) is 18.2 Å². The van der Waals surface area contributed by atoms with Crippen molar-refractivity contribution in [2.45, 2.75) is 31.1 Å². The van der Waals surface area contributed by atoms with Gasteiger partial charge in [0.1, 0.15) is 4.90 Å². The predicted molar refractivity (Wildman–Crippen MR) is 72.5 cm³/mol. The lowest BCUT2D eigenvalue weighted by Gasteiger charge is -2.22. The third-order valence-electron chi connectivity index (χ3n) is 2.97. The molecular formula is C14H16O3S. The van der Waals surface area contributed by atoms with Crippen molar-refractivity contribution in [3.8, 4) is 0 Å². The van der Waals surface area contributed by atoms with Crippen LogP contribution >= 0.6 is 0 Å². The summed E-state index contributed by atoms with van der Waals surface area (Å²) in [5, 5.41) is 1.42. The average molecular weight is 264 g/mol. The Morgan fingerprint density at radius 1 is 0.944 bits per heavy atom. The molecule has 2 rings (SSSR count). The minimum atomic E-state index is -4.19. The van der Waals surface area contributed by atoms with Gasteiger partial charge in [0.15, 0.2) is 0 Å². The zero-order valence-corrected chi connectivity index (χ0v) is 11.5. The summed E-state index contributed by atoms with van der Waals surface area (Å²) in [7, 11) is -4.19. The summed E-state index contributed by atoms with van der Waals surface area (Å²) in [5.41, 5.74) is 0.975. The van der Waals surface area contributed by atoms with E-state index in [1.165, 1.54) is 6.07 Å². The molecule has 2 aromatic carbocycles. The molecule has 18 heavy (non-hydrogen) atoms. The Morgan fingerprint density at radius 2 is 1.50 bits per heavy atom. The molecule has 0 atom stereocenters. The second-order valence-electron chi connectivity index (χ2n) is 5.38. The van der Waals surface area contributed by atoms with Gasteiger partial charge in [-0.25, -0.2) is 0 Å². The second-order valence-corrected chi connectivity index (χ2v) is 6.77. The number of hydrogen-bond acceptors (Lipinski definition) is 2. The van der Waals surface area contributed by atoms with Crippen molar-refractivity contribution in [1.29, 1.82) is 0 Å². The van der Waals surface area contributed by atoms with Crippen LogP contribution in [0, 0.1) is 0 Å². The Hall–Kier alpha value is -1.39. The molecule has 0 heterocycles. The zero-order valence-electron chi connectivity index (χ0n) is 10.6. The van der Waals surface area contributed by atoms with Crippen LogP contribution in [0.3, 0.4) is 0 Å². The third-order valence-corrected chi connectivity index (χ3v) is 3.88. The van der Waals surface area contributed by atoms with Gasteiger partial charge in [0.05, 0.1) is 0 Å². The maximum Gasteiger partial charge on any atom is 0.295 e. The van der Waals surface area contributed by atoms with Crippen molar-refractivity contribution in [1.82, 2.24) is 0 Å². The monoisotopic (exact) mass is 264 g/mol. The van der Waals surface area contributed by atoms with Gasteiger partial charge in [0.2, 0.25) is 0 Å². The first-order valence-electron chi connectivity index (χ1n) is 5.71. The fraction of sp³-hybridized carbons (Fsp3) is 0.286. The highest BCUT2D eigenvalue weighted by Gasteiger charge is 2.21. The number of rotatable bonds is 1. The van der Waals surface area contributed by atoms with Crippen molar-refractivity contribution < 1.29 is 13.0 Å². The zero-order chi connectivity index (χ0) is 13.6. The van der Waals surface area contributed by atoms with Crippen LogP contribution in [0.25, 0.3) is 10.8 Å². The topological polar surface area (TPSA) is 54.4 Å². The molecule has 0 aliphatic carbocycles. The molecular weight excluding hydrogens is 248 g/mol. The van der Waals surface area contributed by atoms with Crippen LogP contribution in [0.4, 0.5) is 0 Å². The van der Waals surface area contributed by atoms with Crippen LogP contribution in [-0.4, -0.2) is 13.0 Å². The first-order valence-corrected chi connectivity index (χ1v) is 7.15. The van der Waals surface area contributed by atoms with Gasteiger partial charge in [-0.3, -0.25) is 4.55 Å². The highest BCUT2D eigenvalue weighted by Crippen LogP contribution is 2.33. The predicted octanol–water partition coefficient (Wildman–Crippen LogP) is 3.38. The van der Waals surface area contributed by atoms with Crippen LogP contribution < -0.4 is 0 Å². The summed E-state index contributed by atoms with van der Waals surface area (Å²) in [5.74, 6) is 0. The Bertz CT molecular complexity index is 695. The Balaban J connectivity index is 2.92. The molecule has 0 amide bonds. The molecule has 0 saturated carbocycles. The summed E-state index contributed by atoms with van der Waals surface area (Å²) in [6, 6.07) is 10.5. The van der Waals surface area contributed by atoms with Crippen molar-refractivity contribution >= 4 is 20.9 Å². The minimum absolute atomic E-state index is 0.0360. The number of hydrogen-bond donors (Lipinski definition) is 1. The summed E-state index contributed by atoms with van der Waals surface area (Å²) in [6.07, 6.45) is 0. The van der Waals surface area contributed by atoms with Crippen LogP contribution in [0.5, 0.6) is 0 Å². The quantitative estimate of drug-likeness (QED) is 0.803. The van der Waals surface area contributed by atoms with Gasteiger partial charge in [0, 0.05) is 5.39 Å². The fourth-order valence-electron chi connectivity index (χ4n) is 2.15. The smallest absolute Gasteiger partial charge is 0.282 e. The van der Waals surface area contributed by atoms with E-state index in [2.05, 4.69) is 20.8 Å². The average Bonchev–Trinajstić information content (AvgIpc) is 2.24. The summed E-state index contributed by atoms with van der Waals surface area (Å²) in [6.45, 7) is 6.21. The standard InChI is InChI=1S/C14H16O3S/c1-14(2,3)12-8-9-13(18(15,16)17)11-7-5-4-6-10(11)12/h4-9H,1-3H3,(H,15,16,17). The molecule has 0 radical (unpaired) electrons. The van der Waals surface area contributed by atoms with Gasteiger partial charge in [-0.15, -0.1) is 0 Å². The Morgan fingerprint density at radius 3 is 2.00 bits per heavy atom. The lowest BCUT2D eigenvalue weighted by Crippen LogP contribution is -2.12. The van der Waals surface area contributed by atoms with Gasteiger partial charge in [-0.1, -0.05) is 51.1 Å². The normalized spacial score (nSPS) is 12.9. The van der Waals surface area contributed by atoms with Crippen molar-refractivity contribution in [3.05, 3.63) is 42.0 Å². The molecule has 1 N–H and O–H groups in total. The SMILES string of the molecule is CC(C)(C)c1ccc(S(=O)(=O)O)c2ccccc12. The second kappa shape index (κ2) is 4.07. The molecule has 0 aliphatic heterocycles. The van der Waals surface area contributed by atoms with Crippen molar-refractivity contribution in [3.63, 3.8) is 0 Å². The number of fused-ring (bicyclic) bond motifs is 1. The van der Waals surface area contributed by atoms with Crippen LogP contribution in [0.1, 0.15) is 26.3 Å². The van der Waals surface area contributed by atoms with E-state index in [0.717, 1.165) is 10.9 Å². The molecule has 0 fully saturated rings. The maximum atomic E-state index is 11.4. The minimum Gasteiger partial charge on any atom is -0.282 e. The number of benzene rings is 2. The van der Waals surface area contributed by atoms with E-state index in [0.29, 0.717) is 5.39 Å². The van der Waals surface area contributed by atoms with E-state index in [-0.39, 0.29) is 10.3 Å². The lowest BCUT2D eigenvalue weighted by atomic mass is 9.84. The molecule has 0 bridgehead atoms. The van der Waals surface area contributed by atoms with E-state index in [1.807, 2.05) is 12.1 Å². The largest absolute Gasteiger partial charge is 0.295 e. The van der Waals surface area contributed by atoms with Crippen molar-refractivity contribution in [2.24, 2.45) is 0 Å². The summed E-state index contributed by atoms with van der Waals surface area (Å²) < 4.78 is 32.0. The van der Waals surface area contributed by atoms with Gasteiger partial charge in [-0.2, -0.15) is 8.42 Å². The van der Waals surface area contributed by atoms with E-state index in [9.17, 15) is 13.0 Å². The van der Waals surface area contributed by atoms with E-state index >= 15 is 0 Å². The van der Waals surface area contributed by atoms with Gasteiger partial charge in [-0.05, 0) is 22.4 Å². The van der Waals surface area contributed by atoms with Crippen LogP contribution in [0.15, 0.2) is 41.3 Å². The molecule has 0 unspecified atom stereocenters. The summed E-state index contributed by atoms with van der Waals surface area (Å²) >= 11 is 0. The Kier molecular flexibility index (Phi) is 2.95. The Labute approximate surface area is 107 Å². The molecule has 0 saturated heterocycles. The molecule has 0 spiro atoms. The van der Waals surface area contributed by atoms with Gasteiger partial charge < -0.3 is 0 Å². The maximum absolute atomic E-state index is 11.4. The highest BCUT2D eigenvalue weighted by atomic mass is 32.2. The van der Waals surface area contributed by atoms with Crippen LogP contribution in [0.2, 0.25) is 0 Å². The molecule has 0 aromatic heterocycles. The van der Waals surface area contributed by atoms with Gasteiger partial charge in [0.25, 0.3) is 10.1 Å². The lowest BCUT2D eigenvalue weighted by molar-refractivity contribution is 0.484. The van der Waals surface area contributed by atoms with E-state index < -0.39 is 10.1 Å². The molecule has 2 aromatic rings. The van der Waals surface area contributed by atoms with Gasteiger partial charge >= 0.3 is 0 Å². The first kappa shape index (κ1) is 13.1. The molecule has 3 nitrogen and oxygen atoms in total. The highest BCUT2D eigenvalue weighted by molar-refractivity contribution is 7.86. The van der Waals surface area contributed by atoms with E-state index in [4.69, 9.17) is 0 Å². The molecule has 96 valence electrons. The van der Waals surface area contributed by atoms with Crippen molar-refractivity contribution in [2.75, 3.05) is 0 Å². The molecule has 4 heteroatoms. The molecule has 0 aliphatic rings. The fourth-order valence-corrected chi connectivity index (χ4v) is 2.85.